The molecule has 0 unspecified atom stereocenters. The minimum absolute atomic E-state index is 0.606. The predicted molar refractivity (Wildman–Crippen MR) is 147 cm³/mol. The lowest BCUT2D eigenvalue weighted by molar-refractivity contribution is 0.890. The van der Waals surface area contributed by atoms with E-state index in [-0.39, 0.29) is 0 Å². The Bertz CT molecular complexity index is 1290. The van der Waals surface area contributed by atoms with E-state index in [1.807, 2.05) is 37.3 Å². The van der Waals surface area contributed by atoms with Crippen LogP contribution >= 0.6 is 0 Å². The number of hydrogen-bond donors (Lipinski definition) is 1. The lowest BCUT2D eigenvalue weighted by Crippen LogP contribution is -2.01. The van der Waals surface area contributed by atoms with E-state index in [1.165, 1.54) is 39.2 Å². The van der Waals surface area contributed by atoms with Crippen molar-refractivity contribution in [2.75, 3.05) is 0 Å². The van der Waals surface area contributed by atoms with Crippen LogP contribution in [0.25, 0.3) is 11.3 Å². The molecular formula is C32H36N2. The summed E-state index contributed by atoms with van der Waals surface area (Å²) in [6.45, 7) is 10.6. The fraction of sp³-hybridized carbons (Fsp3) is 0.219. The van der Waals surface area contributed by atoms with Gasteiger partial charge in [-0.3, -0.25) is 0 Å². The van der Waals surface area contributed by atoms with Crippen molar-refractivity contribution in [1.29, 1.82) is 5.41 Å². The van der Waals surface area contributed by atoms with Crippen LogP contribution in [-0.2, 0) is 13.5 Å². The topological polar surface area (TPSA) is 28.8 Å². The van der Waals surface area contributed by atoms with E-state index < -0.39 is 0 Å². The minimum Gasteiger partial charge on any atom is -0.348 e. The van der Waals surface area contributed by atoms with Gasteiger partial charge >= 0.3 is 0 Å². The molecule has 2 heteroatoms. The van der Waals surface area contributed by atoms with E-state index in [0.29, 0.717) is 5.71 Å². The third-order valence-electron chi connectivity index (χ3n) is 6.38. The zero-order valence-electron chi connectivity index (χ0n) is 21.3. The summed E-state index contributed by atoms with van der Waals surface area (Å²) < 4.78 is 2.23. The number of allylic oxidation sites excluding steroid dienone is 2. The Morgan fingerprint density at radius 3 is 2.09 bits per heavy atom. The molecule has 0 atom stereocenters. The lowest BCUT2D eigenvalue weighted by Gasteiger charge is -2.09. The summed E-state index contributed by atoms with van der Waals surface area (Å²) in [5.74, 6) is 0. The molecule has 4 rings (SSSR count). The molecule has 0 aliphatic rings. The third-order valence-corrected chi connectivity index (χ3v) is 6.38. The molecule has 174 valence electrons. The van der Waals surface area contributed by atoms with E-state index in [4.69, 9.17) is 5.41 Å². The zero-order chi connectivity index (χ0) is 24.7. The van der Waals surface area contributed by atoms with Crippen LogP contribution in [0.2, 0.25) is 0 Å². The summed E-state index contributed by atoms with van der Waals surface area (Å²) in [5, 5.41) is 8.19. The van der Waals surface area contributed by atoms with Crippen LogP contribution in [0.4, 0.5) is 0 Å². The first-order chi connectivity index (χ1) is 16.3. The Hall–Kier alpha value is -3.65. The molecule has 1 N–H and O–H groups in total. The summed E-state index contributed by atoms with van der Waals surface area (Å²) in [6.07, 6.45) is 3.02. The van der Waals surface area contributed by atoms with Gasteiger partial charge in [0, 0.05) is 24.0 Å². The molecule has 0 saturated carbocycles. The van der Waals surface area contributed by atoms with Crippen LogP contribution in [-0.4, -0.2) is 10.3 Å². The van der Waals surface area contributed by atoms with Gasteiger partial charge in [0.15, 0.2) is 0 Å². The summed E-state index contributed by atoms with van der Waals surface area (Å²) in [6, 6.07) is 29.2. The van der Waals surface area contributed by atoms with Gasteiger partial charge in [0.05, 0.1) is 5.71 Å². The zero-order valence-corrected chi connectivity index (χ0v) is 21.3. The van der Waals surface area contributed by atoms with Gasteiger partial charge in [-0.2, -0.15) is 0 Å². The second kappa shape index (κ2) is 11.5. The van der Waals surface area contributed by atoms with E-state index in [2.05, 4.69) is 100.0 Å². The van der Waals surface area contributed by atoms with Gasteiger partial charge in [0.25, 0.3) is 0 Å². The Kier molecular flexibility index (Phi) is 8.43. The van der Waals surface area contributed by atoms with Gasteiger partial charge in [-0.25, -0.2) is 0 Å². The maximum absolute atomic E-state index is 8.19. The number of aryl methyl sites for hydroxylation is 4. The molecule has 3 aromatic carbocycles. The predicted octanol–water partition coefficient (Wildman–Crippen LogP) is 8.17. The van der Waals surface area contributed by atoms with Gasteiger partial charge in [0.2, 0.25) is 0 Å². The number of benzene rings is 3. The highest BCUT2D eigenvalue weighted by Gasteiger charge is 2.06. The van der Waals surface area contributed by atoms with Crippen molar-refractivity contribution in [3.05, 3.63) is 130 Å². The second-order valence-electron chi connectivity index (χ2n) is 9.00. The summed E-state index contributed by atoms with van der Waals surface area (Å²) >= 11 is 0. The molecule has 0 fully saturated rings. The first-order valence-corrected chi connectivity index (χ1v) is 11.8. The minimum atomic E-state index is 0.606. The van der Waals surface area contributed by atoms with Crippen molar-refractivity contribution >= 4 is 5.71 Å². The van der Waals surface area contributed by atoms with Crippen LogP contribution in [0, 0.1) is 33.1 Å². The number of hydrogen-bond acceptors (Lipinski definition) is 1. The fourth-order valence-corrected chi connectivity index (χ4v) is 4.02. The smallest absolute Gasteiger partial charge is 0.0638 e. The first kappa shape index (κ1) is 25.0. The van der Waals surface area contributed by atoms with Crippen LogP contribution in [0.1, 0.15) is 40.4 Å². The van der Waals surface area contributed by atoms with E-state index in [9.17, 15) is 0 Å². The summed E-state index contributed by atoms with van der Waals surface area (Å²) in [7, 11) is 2.12. The molecule has 0 amide bonds. The van der Waals surface area contributed by atoms with E-state index in [0.717, 1.165) is 17.6 Å². The Morgan fingerprint density at radius 2 is 1.47 bits per heavy atom. The van der Waals surface area contributed by atoms with Crippen molar-refractivity contribution < 1.29 is 0 Å². The van der Waals surface area contributed by atoms with Gasteiger partial charge in [-0.15, -0.1) is 0 Å². The molecule has 0 aliphatic carbocycles. The normalized spacial score (nSPS) is 11.1. The summed E-state index contributed by atoms with van der Waals surface area (Å²) in [4.78, 5) is 0. The number of aromatic nitrogens is 1. The van der Waals surface area contributed by atoms with Crippen molar-refractivity contribution in [3.63, 3.8) is 0 Å². The molecule has 0 aliphatic heterocycles. The molecule has 0 bridgehead atoms. The molecule has 4 aromatic rings. The molecule has 0 spiro atoms. The number of rotatable bonds is 5. The average Bonchev–Trinajstić information content (AvgIpc) is 3.17. The average molecular weight is 449 g/mol. The third kappa shape index (κ3) is 6.23. The van der Waals surface area contributed by atoms with E-state index in [1.54, 1.807) is 0 Å². The molecular weight excluding hydrogens is 412 g/mol. The monoisotopic (exact) mass is 448 g/mol. The highest BCUT2D eigenvalue weighted by atomic mass is 14.9. The highest BCUT2D eigenvalue weighted by Crippen LogP contribution is 2.25. The Balaban J connectivity index is 0.000000196. The van der Waals surface area contributed by atoms with Crippen molar-refractivity contribution in [2.24, 2.45) is 7.05 Å². The van der Waals surface area contributed by atoms with Gasteiger partial charge in [-0.05, 0) is 81.0 Å². The van der Waals surface area contributed by atoms with E-state index >= 15 is 0 Å². The molecule has 1 heterocycles. The van der Waals surface area contributed by atoms with Crippen molar-refractivity contribution in [2.45, 2.75) is 41.0 Å². The maximum atomic E-state index is 8.19. The fourth-order valence-electron chi connectivity index (χ4n) is 4.02. The number of nitrogens with one attached hydrogen (secondary N) is 1. The van der Waals surface area contributed by atoms with Gasteiger partial charge in [0.1, 0.15) is 0 Å². The highest BCUT2D eigenvalue weighted by molar-refractivity contribution is 6.10. The quantitative estimate of drug-likeness (QED) is 0.298. The largest absolute Gasteiger partial charge is 0.348 e. The maximum Gasteiger partial charge on any atom is 0.0638 e. The second-order valence-corrected chi connectivity index (χ2v) is 9.00. The molecule has 1 aromatic heterocycles. The SMILES string of the molecule is C/C(=C/Cc1ccccc1C)C(=N)c1ccccc1.Cc1ccc(-c2ccc(C)n2C)c(C)c1. The molecule has 0 radical (unpaired) electrons. The summed E-state index contributed by atoms with van der Waals surface area (Å²) in [5.41, 5.74) is 11.8. The Labute approximate surface area is 205 Å². The lowest BCUT2D eigenvalue weighted by atomic mass is 10.00. The van der Waals surface area contributed by atoms with Crippen LogP contribution in [0.5, 0.6) is 0 Å². The number of nitrogens with zero attached hydrogens (tertiary/aromatic N) is 1. The van der Waals surface area contributed by atoms with Crippen LogP contribution in [0.15, 0.2) is 96.6 Å². The first-order valence-electron chi connectivity index (χ1n) is 11.8. The molecule has 0 saturated heterocycles. The van der Waals surface area contributed by atoms with Crippen molar-refractivity contribution in [3.8, 4) is 11.3 Å². The molecule has 34 heavy (non-hydrogen) atoms. The van der Waals surface area contributed by atoms with Crippen LogP contribution < -0.4 is 0 Å². The Morgan fingerprint density at radius 1 is 0.794 bits per heavy atom. The van der Waals surface area contributed by atoms with Gasteiger partial charge < -0.3 is 9.98 Å². The van der Waals surface area contributed by atoms with Gasteiger partial charge in [-0.1, -0.05) is 84.4 Å². The molecule has 2 nitrogen and oxygen atoms in total. The standard InChI is InChI=1S/C18H19N.C14H17N/c1-14-8-6-7-9-16(14)13-12-15(2)18(19)17-10-4-3-5-11-17;1-10-5-7-13(11(2)9-10)14-8-6-12(3)15(14)4/h3-12,19H,13H2,1-2H3;5-9H,1-4H3/b15-12-,19-18?;. The van der Waals surface area contributed by atoms with Crippen LogP contribution in [0.3, 0.4) is 0 Å². The van der Waals surface area contributed by atoms with Crippen molar-refractivity contribution in [1.82, 2.24) is 4.57 Å².